The Labute approximate surface area is 76.9 Å². The van der Waals surface area contributed by atoms with Gasteiger partial charge in [-0.3, -0.25) is 4.79 Å². The molecule has 1 amide bonds. The number of carbonyl (C=O) groups is 1. The quantitative estimate of drug-likeness (QED) is 0.541. The summed E-state index contributed by atoms with van der Waals surface area (Å²) in [5.41, 5.74) is 0. The van der Waals surface area contributed by atoms with E-state index in [9.17, 15) is 4.79 Å². The maximum Gasteiger partial charge on any atom is 0.219 e. The van der Waals surface area contributed by atoms with Crippen LogP contribution in [0, 0.1) is 0 Å². The van der Waals surface area contributed by atoms with Gasteiger partial charge in [0.15, 0.2) is 0 Å². The van der Waals surface area contributed by atoms with Gasteiger partial charge in [-0.25, -0.2) is 0 Å². The lowest BCUT2D eigenvalue weighted by atomic mass is 10.2. The van der Waals surface area contributed by atoms with E-state index in [1.165, 1.54) is 0 Å². The van der Waals surface area contributed by atoms with Crippen LogP contribution in [0.15, 0.2) is 0 Å². The van der Waals surface area contributed by atoms with Gasteiger partial charge in [-0.2, -0.15) is 0 Å². The monoisotopic (exact) mass is 221 g/mol. The van der Waals surface area contributed by atoms with Gasteiger partial charge in [-0.15, -0.1) is 0 Å². The molecular weight excluding hydrogens is 206 g/mol. The van der Waals surface area contributed by atoms with Crippen molar-refractivity contribution in [2.24, 2.45) is 0 Å². The molecule has 3 heteroatoms. The molecule has 0 atom stereocenters. The van der Waals surface area contributed by atoms with Crippen LogP contribution in [0.5, 0.6) is 0 Å². The van der Waals surface area contributed by atoms with E-state index in [-0.39, 0.29) is 5.91 Å². The minimum Gasteiger partial charge on any atom is -0.356 e. The summed E-state index contributed by atoms with van der Waals surface area (Å²) in [7, 11) is 0. The molecule has 0 aromatic carbocycles. The number of rotatable bonds is 6. The third kappa shape index (κ3) is 7.85. The molecule has 0 saturated heterocycles. The first kappa shape index (κ1) is 11.0. The zero-order valence-electron chi connectivity index (χ0n) is 7.03. The molecule has 0 aliphatic rings. The fraction of sp³-hybridized carbons (Fsp3) is 0.875. The second kappa shape index (κ2) is 8.05. The van der Waals surface area contributed by atoms with E-state index in [1.807, 2.05) is 0 Å². The Bertz CT molecular complexity index is 106. The Kier molecular flexibility index (Phi) is 8.01. The predicted octanol–water partition coefficient (Wildman–Crippen LogP) is 2.08. The van der Waals surface area contributed by atoms with Crippen molar-refractivity contribution in [1.82, 2.24) is 5.32 Å². The number of halogens is 1. The van der Waals surface area contributed by atoms with Crippen molar-refractivity contribution in [3.63, 3.8) is 0 Å². The number of carbonyl (C=O) groups excluding carboxylic acids is 1. The first-order chi connectivity index (χ1) is 5.31. The van der Waals surface area contributed by atoms with Crippen LogP contribution in [-0.4, -0.2) is 17.8 Å². The van der Waals surface area contributed by atoms with Crippen LogP contribution < -0.4 is 5.32 Å². The standard InChI is InChI=1S/C8H16BrNO/c1-2-7-10-8(11)5-3-4-6-9/h2-7H2,1H3,(H,10,11). The normalized spacial score (nSPS) is 9.64. The first-order valence-corrected chi connectivity index (χ1v) is 5.26. The molecule has 0 fully saturated rings. The van der Waals surface area contributed by atoms with Crippen molar-refractivity contribution >= 4 is 21.8 Å². The third-order valence-electron chi connectivity index (χ3n) is 1.36. The first-order valence-electron chi connectivity index (χ1n) is 4.14. The van der Waals surface area contributed by atoms with Crippen LogP contribution in [0.4, 0.5) is 0 Å². The minimum atomic E-state index is 0.188. The Morgan fingerprint density at radius 2 is 2.18 bits per heavy atom. The molecule has 66 valence electrons. The molecule has 11 heavy (non-hydrogen) atoms. The number of hydrogen-bond acceptors (Lipinski definition) is 1. The highest BCUT2D eigenvalue weighted by Gasteiger charge is 1.97. The molecule has 2 nitrogen and oxygen atoms in total. The van der Waals surface area contributed by atoms with Crippen LogP contribution in [0.1, 0.15) is 32.6 Å². The number of nitrogens with one attached hydrogen (secondary N) is 1. The highest BCUT2D eigenvalue weighted by molar-refractivity contribution is 9.09. The molecule has 0 aromatic heterocycles. The summed E-state index contributed by atoms with van der Waals surface area (Å²) >= 11 is 3.32. The maximum absolute atomic E-state index is 11.0. The van der Waals surface area contributed by atoms with Crippen molar-refractivity contribution in [1.29, 1.82) is 0 Å². The van der Waals surface area contributed by atoms with E-state index in [0.29, 0.717) is 6.42 Å². The van der Waals surface area contributed by atoms with Gasteiger partial charge in [-0.05, 0) is 19.3 Å². The van der Waals surface area contributed by atoms with Crippen LogP contribution in [0.2, 0.25) is 0 Å². The summed E-state index contributed by atoms with van der Waals surface area (Å²) in [5.74, 6) is 0.188. The Morgan fingerprint density at radius 1 is 1.45 bits per heavy atom. The molecule has 0 aromatic rings. The lowest BCUT2D eigenvalue weighted by Gasteiger charge is -2.01. The van der Waals surface area contributed by atoms with Crippen molar-refractivity contribution in [2.45, 2.75) is 32.6 Å². The van der Waals surface area contributed by atoms with Crippen LogP contribution in [0.25, 0.3) is 0 Å². The number of amides is 1. The second-order valence-corrected chi connectivity index (χ2v) is 3.29. The Morgan fingerprint density at radius 3 is 2.73 bits per heavy atom. The smallest absolute Gasteiger partial charge is 0.219 e. The molecule has 0 rings (SSSR count). The molecule has 0 radical (unpaired) electrons. The van der Waals surface area contributed by atoms with E-state index in [2.05, 4.69) is 28.2 Å². The van der Waals surface area contributed by atoms with Crippen molar-refractivity contribution in [3.05, 3.63) is 0 Å². The van der Waals surface area contributed by atoms with E-state index in [4.69, 9.17) is 0 Å². The van der Waals surface area contributed by atoms with Gasteiger partial charge in [-0.1, -0.05) is 22.9 Å². The molecule has 0 saturated carbocycles. The number of hydrogen-bond donors (Lipinski definition) is 1. The van der Waals surface area contributed by atoms with E-state index in [1.54, 1.807) is 0 Å². The largest absolute Gasteiger partial charge is 0.356 e. The average Bonchev–Trinajstić information content (AvgIpc) is 2.01. The van der Waals surface area contributed by atoms with Crippen LogP contribution >= 0.6 is 15.9 Å². The summed E-state index contributed by atoms with van der Waals surface area (Å²) in [6.45, 7) is 2.87. The molecule has 1 N–H and O–H groups in total. The summed E-state index contributed by atoms with van der Waals surface area (Å²) in [5, 5.41) is 3.83. The molecular formula is C8H16BrNO. The molecule has 0 aliphatic carbocycles. The van der Waals surface area contributed by atoms with Gasteiger partial charge in [0.2, 0.25) is 5.91 Å². The number of alkyl halides is 1. The fourth-order valence-corrected chi connectivity index (χ4v) is 1.13. The van der Waals surface area contributed by atoms with Gasteiger partial charge in [0, 0.05) is 18.3 Å². The topological polar surface area (TPSA) is 29.1 Å². The molecule has 0 bridgehead atoms. The lowest BCUT2D eigenvalue weighted by Crippen LogP contribution is -2.23. The lowest BCUT2D eigenvalue weighted by molar-refractivity contribution is -0.121. The van der Waals surface area contributed by atoms with Gasteiger partial charge >= 0.3 is 0 Å². The minimum absolute atomic E-state index is 0.188. The third-order valence-corrected chi connectivity index (χ3v) is 1.92. The van der Waals surface area contributed by atoms with Crippen LogP contribution in [-0.2, 0) is 4.79 Å². The van der Waals surface area contributed by atoms with Gasteiger partial charge in [0.25, 0.3) is 0 Å². The van der Waals surface area contributed by atoms with E-state index >= 15 is 0 Å². The van der Waals surface area contributed by atoms with Crippen molar-refractivity contribution in [2.75, 3.05) is 11.9 Å². The molecule has 0 spiro atoms. The van der Waals surface area contributed by atoms with Gasteiger partial charge in [0.05, 0.1) is 0 Å². The molecule has 0 aliphatic heterocycles. The SMILES string of the molecule is CCCNC(=O)CCCCBr. The van der Waals surface area contributed by atoms with Gasteiger partial charge in [0.1, 0.15) is 0 Å². The van der Waals surface area contributed by atoms with E-state index in [0.717, 1.165) is 31.1 Å². The predicted molar refractivity (Wildman–Crippen MR) is 50.9 cm³/mol. The second-order valence-electron chi connectivity index (χ2n) is 2.50. The van der Waals surface area contributed by atoms with E-state index < -0.39 is 0 Å². The molecule has 0 unspecified atom stereocenters. The summed E-state index contributed by atoms with van der Waals surface area (Å²) in [4.78, 5) is 11.0. The van der Waals surface area contributed by atoms with Crippen molar-refractivity contribution < 1.29 is 4.79 Å². The Balaban J connectivity index is 3.09. The summed E-state index contributed by atoms with van der Waals surface area (Å²) in [6.07, 6.45) is 3.76. The summed E-state index contributed by atoms with van der Waals surface area (Å²) in [6, 6.07) is 0. The maximum atomic E-state index is 11.0. The zero-order chi connectivity index (χ0) is 8.53. The number of unbranched alkanes of at least 4 members (excludes halogenated alkanes) is 1. The molecule has 0 heterocycles. The average molecular weight is 222 g/mol. The zero-order valence-corrected chi connectivity index (χ0v) is 8.61. The van der Waals surface area contributed by atoms with Crippen LogP contribution in [0.3, 0.4) is 0 Å². The van der Waals surface area contributed by atoms with Crippen molar-refractivity contribution in [3.8, 4) is 0 Å². The highest BCUT2D eigenvalue weighted by atomic mass is 79.9. The summed E-state index contributed by atoms with van der Waals surface area (Å²) < 4.78 is 0. The van der Waals surface area contributed by atoms with Gasteiger partial charge < -0.3 is 5.32 Å². The Hall–Kier alpha value is -0.0500. The fourth-order valence-electron chi connectivity index (χ4n) is 0.733. The highest BCUT2D eigenvalue weighted by Crippen LogP contribution is 1.97.